The van der Waals surface area contributed by atoms with Crippen LogP contribution in [0.25, 0.3) is 0 Å². The fourth-order valence-corrected chi connectivity index (χ4v) is 9.81. The normalized spacial score (nSPS) is 57.0. The highest BCUT2D eigenvalue weighted by Gasteiger charge is 2.52. The third-order valence-corrected chi connectivity index (χ3v) is 9.66. The zero-order valence-electron chi connectivity index (χ0n) is 15.6. The molecule has 1 heteroatoms. The summed E-state index contributed by atoms with van der Waals surface area (Å²) in [5.41, 5.74) is 1.51. The van der Waals surface area contributed by atoms with Crippen LogP contribution in [0.1, 0.15) is 83.5 Å². The van der Waals surface area contributed by atoms with E-state index in [2.05, 4.69) is 5.32 Å². The monoisotopic (exact) mass is 327 g/mol. The van der Waals surface area contributed by atoms with Crippen LogP contribution >= 0.6 is 0 Å². The molecule has 8 aliphatic carbocycles. The van der Waals surface area contributed by atoms with Crippen LogP contribution in [0.3, 0.4) is 0 Å². The maximum atomic E-state index is 4.02. The van der Waals surface area contributed by atoms with Crippen molar-refractivity contribution in [2.24, 2.45) is 46.3 Å². The van der Waals surface area contributed by atoms with Gasteiger partial charge in [-0.1, -0.05) is 0 Å². The van der Waals surface area contributed by atoms with E-state index in [4.69, 9.17) is 0 Å². The van der Waals surface area contributed by atoms with Gasteiger partial charge in [0.1, 0.15) is 0 Å². The van der Waals surface area contributed by atoms with E-state index in [1.165, 1.54) is 19.5 Å². The fourth-order valence-electron chi connectivity index (χ4n) is 9.81. The minimum Gasteiger partial charge on any atom is -0.316 e. The first kappa shape index (κ1) is 15.1. The molecule has 0 spiro atoms. The number of hydrogen-bond donors (Lipinski definition) is 1. The summed E-state index contributed by atoms with van der Waals surface area (Å²) in [6, 6.07) is 0. The van der Waals surface area contributed by atoms with Gasteiger partial charge in [-0.25, -0.2) is 0 Å². The smallest absolute Gasteiger partial charge is 0.000812 e. The molecule has 8 saturated carbocycles. The van der Waals surface area contributed by atoms with Crippen molar-refractivity contribution in [2.75, 3.05) is 13.1 Å². The van der Waals surface area contributed by atoms with Crippen molar-refractivity contribution >= 4 is 0 Å². The Morgan fingerprint density at radius 3 is 1.33 bits per heavy atom. The van der Waals surface area contributed by atoms with Gasteiger partial charge in [-0.15, -0.1) is 0 Å². The SMILES string of the molecule is C(CC12CC3CC(CC(C3)C1)C2)NCC12CC3CC(CC(C3)C1)C2. The zero-order valence-corrected chi connectivity index (χ0v) is 15.6. The predicted octanol–water partition coefficient (Wildman–Crippen LogP) is 5.40. The highest BCUT2D eigenvalue weighted by atomic mass is 14.9. The molecule has 1 nitrogen and oxygen atoms in total. The fraction of sp³-hybridized carbons (Fsp3) is 1.00. The molecule has 24 heavy (non-hydrogen) atoms. The predicted molar refractivity (Wildman–Crippen MR) is 98.7 cm³/mol. The molecule has 8 aliphatic rings. The standard InChI is InChI=1S/C23H37N/c1(22-9-16-3-17(10-22)5-18(4-16)11-22)2-24-15-23-12-19-6-20(13-23)8-21(7-19)14-23/h16-21,24H,1-15H2. The minimum atomic E-state index is 0.732. The Bertz CT molecular complexity index is 390. The Labute approximate surface area is 148 Å². The van der Waals surface area contributed by atoms with Crippen LogP contribution in [0.5, 0.6) is 0 Å². The Balaban J connectivity index is 1.05. The van der Waals surface area contributed by atoms with Gasteiger partial charge in [-0.3, -0.25) is 0 Å². The molecule has 1 N–H and O–H groups in total. The summed E-state index contributed by atoms with van der Waals surface area (Å²) in [5, 5.41) is 4.02. The third kappa shape index (κ3) is 2.43. The summed E-state index contributed by atoms with van der Waals surface area (Å²) in [5.74, 6) is 6.71. The van der Waals surface area contributed by atoms with Gasteiger partial charge in [0.15, 0.2) is 0 Å². The van der Waals surface area contributed by atoms with Crippen molar-refractivity contribution in [1.82, 2.24) is 5.32 Å². The maximum absolute atomic E-state index is 4.02. The van der Waals surface area contributed by atoms with E-state index < -0.39 is 0 Å². The lowest BCUT2D eigenvalue weighted by Crippen LogP contribution is -2.51. The van der Waals surface area contributed by atoms with E-state index in [0.717, 1.165) is 46.3 Å². The second kappa shape index (κ2) is 5.24. The van der Waals surface area contributed by atoms with Crippen molar-refractivity contribution < 1.29 is 0 Å². The Hall–Kier alpha value is -0.0400. The highest BCUT2D eigenvalue weighted by molar-refractivity contribution is 5.03. The molecule has 0 aromatic carbocycles. The van der Waals surface area contributed by atoms with Crippen LogP contribution in [-0.2, 0) is 0 Å². The quantitative estimate of drug-likeness (QED) is 0.667. The molecular weight excluding hydrogens is 290 g/mol. The Morgan fingerprint density at radius 1 is 0.542 bits per heavy atom. The summed E-state index contributed by atoms with van der Waals surface area (Å²) in [6.07, 6.45) is 20.6. The van der Waals surface area contributed by atoms with Gasteiger partial charge < -0.3 is 5.32 Å². The van der Waals surface area contributed by atoms with E-state index in [1.807, 2.05) is 0 Å². The minimum absolute atomic E-state index is 0.732. The molecule has 0 heterocycles. The van der Waals surface area contributed by atoms with Crippen LogP contribution in [0.2, 0.25) is 0 Å². The van der Waals surface area contributed by atoms with Crippen molar-refractivity contribution in [3.05, 3.63) is 0 Å². The molecule has 8 rings (SSSR count). The van der Waals surface area contributed by atoms with Crippen molar-refractivity contribution in [1.29, 1.82) is 0 Å². The van der Waals surface area contributed by atoms with Crippen molar-refractivity contribution in [3.63, 3.8) is 0 Å². The van der Waals surface area contributed by atoms with E-state index in [9.17, 15) is 0 Å². The molecule has 0 aliphatic heterocycles. The third-order valence-electron chi connectivity index (χ3n) is 9.66. The first-order valence-electron chi connectivity index (χ1n) is 11.4. The van der Waals surface area contributed by atoms with E-state index in [1.54, 1.807) is 77.0 Å². The first-order valence-corrected chi connectivity index (χ1v) is 11.4. The Kier molecular flexibility index (Phi) is 3.29. The highest BCUT2D eigenvalue weighted by Crippen LogP contribution is 2.62. The molecule has 8 bridgehead atoms. The summed E-state index contributed by atoms with van der Waals surface area (Å²) in [7, 11) is 0. The van der Waals surface area contributed by atoms with E-state index >= 15 is 0 Å². The average Bonchev–Trinajstić information content (AvgIpc) is 2.49. The lowest BCUT2D eigenvalue weighted by molar-refractivity contribution is -0.0619. The Morgan fingerprint density at radius 2 is 0.917 bits per heavy atom. The first-order chi connectivity index (χ1) is 11.7. The topological polar surface area (TPSA) is 12.0 Å². The molecule has 0 aromatic rings. The maximum Gasteiger partial charge on any atom is 0.000812 e. The molecule has 0 atom stereocenters. The van der Waals surface area contributed by atoms with Crippen LogP contribution in [0, 0.1) is 46.3 Å². The lowest BCUT2D eigenvalue weighted by atomic mass is 9.48. The average molecular weight is 328 g/mol. The van der Waals surface area contributed by atoms with Gasteiger partial charge in [-0.05, 0) is 136 Å². The second-order valence-corrected chi connectivity index (χ2v) is 11.8. The number of hydrogen-bond acceptors (Lipinski definition) is 1. The van der Waals surface area contributed by atoms with Gasteiger partial charge in [0, 0.05) is 6.54 Å². The van der Waals surface area contributed by atoms with Crippen LogP contribution < -0.4 is 5.32 Å². The van der Waals surface area contributed by atoms with Gasteiger partial charge in [-0.2, -0.15) is 0 Å². The summed E-state index contributed by atoms with van der Waals surface area (Å²) in [6.45, 7) is 2.69. The summed E-state index contributed by atoms with van der Waals surface area (Å²) >= 11 is 0. The number of nitrogens with one attached hydrogen (secondary N) is 1. The lowest BCUT2D eigenvalue weighted by Gasteiger charge is -2.58. The van der Waals surface area contributed by atoms with Crippen molar-refractivity contribution in [2.45, 2.75) is 83.5 Å². The molecular formula is C23H37N. The zero-order chi connectivity index (χ0) is 15.8. The van der Waals surface area contributed by atoms with Crippen LogP contribution in [0.4, 0.5) is 0 Å². The largest absolute Gasteiger partial charge is 0.316 e. The van der Waals surface area contributed by atoms with Gasteiger partial charge in [0.2, 0.25) is 0 Å². The van der Waals surface area contributed by atoms with Crippen LogP contribution in [-0.4, -0.2) is 13.1 Å². The molecule has 0 unspecified atom stereocenters. The molecule has 0 aromatic heterocycles. The summed E-state index contributed by atoms with van der Waals surface area (Å²) in [4.78, 5) is 0. The summed E-state index contributed by atoms with van der Waals surface area (Å²) < 4.78 is 0. The van der Waals surface area contributed by atoms with Crippen LogP contribution in [0.15, 0.2) is 0 Å². The molecule has 0 saturated heterocycles. The molecule has 134 valence electrons. The molecule has 0 amide bonds. The van der Waals surface area contributed by atoms with Gasteiger partial charge in [0.25, 0.3) is 0 Å². The molecule has 8 fully saturated rings. The van der Waals surface area contributed by atoms with Crippen molar-refractivity contribution in [3.8, 4) is 0 Å². The second-order valence-electron chi connectivity index (χ2n) is 11.8. The van der Waals surface area contributed by atoms with Gasteiger partial charge >= 0.3 is 0 Å². The van der Waals surface area contributed by atoms with Gasteiger partial charge in [0.05, 0.1) is 0 Å². The van der Waals surface area contributed by atoms with E-state index in [0.29, 0.717) is 0 Å². The molecule has 0 radical (unpaired) electrons. The van der Waals surface area contributed by atoms with E-state index in [-0.39, 0.29) is 0 Å². The number of rotatable bonds is 5.